The van der Waals surface area contributed by atoms with Crippen molar-refractivity contribution in [2.24, 2.45) is 16.8 Å². The summed E-state index contributed by atoms with van der Waals surface area (Å²) >= 11 is 0. The van der Waals surface area contributed by atoms with E-state index in [-0.39, 0.29) is 35.4 Å². The average molecular weight is 461 g/mol. The van der Waals surface area contributed by atoms with E-state index in [2.05, 4.69) is 26.0 Å². The van der Waals surface area contributed by atoms with Crippen LogP contribution in [0.15, 0.2) is 22.1 Å². The van der Waals surface area contributed by atoms with E-state index in [1.807, 2.05) is 11.0 Å². The molecule has 2 atom stereocenters. The van der Waals surface area contributed by atoms with E-state index in [4.69, 9.17) is 15.2 Å². The Morgan fingerprint density at radius 3 is 2.71 bits per heavy atom. The van der Waals surface area contributed by atoms with Crippen molar-refractivity contribution in [1.82, 2.24) is 29.5 Å². The standard InChI is InChI=1S/C22H23N9O3/c23-10-12-7-15(12)21(33)30-5-3-29(4-6-30)17-9-18(25-14-1-2-14)31-19(27-17)13(11-24-31)8-16-20(32)28-22(34)26-16/h8-9,11-12,14-15,32H,1-7H2,(H2,26,28,34)/b13-8-,25-18?. The minimum atomic E-state index is -0.502. The lowest BCUT2D eigenvalue weighted by Gasteiger charge is -2.35. The fraction of sp³-hybridized carbons (Fsp3) is 0.455. The topological polar surface area (TPSA) is 159 Å². The number of aromatic hydroxyl groups is 1. The lowest BCUT2D eigenvalue weighted by atomic mass is 10.2. The van der Waals surface area contributed by atoms with Crippen LogP contribution in [-0.2, 0) is 4.79 Å². The van der Waals surface area contributed by atoms with Gasteiger partial charge in [0.15, 0.2) is 11.1 Å². The van der Waals surface area contributed by atoms with E-state index in [0.717, 1.165) is 18.7 Å². The molecule has 1 amide bonds. The first-order valence-corrected chi connectivity index (χ1v) is 11.4. The molecular weight excluding hydrogens is 438 g/mol. The second kappa shape index (κ2) is 7.72. The summed E-state index contributed by atoms with van der Waals surface area (Å²) in [4.78, 5) is 42.5. The quantitative estimate of drug-likeness (QED) is 0.443. The molecule has 6 rings (SSSR count). The second-order valence-electron chi connectivity index (χ2n) is 9.04. The van der Waals surface area contributed by atoms with Crippen LogP contribution in [0, 0.1) is 23.2 Å². The monoisotopic (exact) mass is 461 g/mol. The Morgan fingerprint density at radius 2 is 2.06 bits per heavy atom. The molecule has 12 nitrogen and oxygen atoms in total. The molecule has 3 fully saturated rings. The highest BCUT2D eigenvalue weighted by Gasteiger charge is 2.45. The lowest BCUT2D eigenvalue weighted by molar-refractivity contribution is -0.133. The van der Waals surface area contributed by atoms with Crippen molar-refractivity contribution in [2.75, 3.05) is 31.1 Å². The predicted molar refractivity (Wildman–Crippen MR) is 119 cm³/mol. The van der Waals surface area contributed by atoms with Gasteiger partial charge < -0.3 is 19.9 Å². The van der Waals surface area contributed by atoms with Crippen LogP contribution in [0.1, 0.15) is 25.0 Å². The number of nitrogens with zero attached hydrogens (tertiary/aromatic N) is 7. The highest BCUT2D eigenvalue weighted by Crippen LogP contribution is 2.39. The summed E-state index contributed by atoms with van der Waals surface area (Å²) in [6.07, 6.45) is 6.00. The van der Waals surface area contributed by atoms with Crippen molar-refractivity contribution in [3.63, 3.8) is 0 Å². The van der Waals surface area contributed by atoms with Crippen LogP contribution in [0.25, 0.3) is 11.7 Å². The maximum absolute atomic E-state index is 12.6. The third-order valence-corrected chi connectivity index (χ3v) is 6.55. The number of hydrogen-bond acceptors (Lipinski definition) is 8. The van der Waals surface area contributed by atoms with Gasteiger partial charge in [0.1, 0.15) is 11.5 Å². The molecule has 34 heavy (non-hydrogen) atoms. The molecule has 4 heterocycles. The van der Waals surface area contributed by atoms with Crippen LogP contribution in [-0.4, -0.2) is 72.7 Å². The summed E-state index contributed by atoms with van der Waals surface area (Å²) in [5, 5.41) is 24.0. The molecule has 1 aliphatic heterocycles. The number of imidazole rings is 1. The number of fused-ring (bicyclic) bond motifs is 1. The summed E-state index contributed by atoms with van der Waals surface area (Å²) in [6, 6.07) is 4.38. The van der Waals surface area contributed by atoms with Crippen LogP contribution < -0.4 is 21.3 Å². The smallest absolute Gasteiger partial charge is 0.326 e. The number of carbonyl (C=O) groups is 1. The maximum atomic E-state index is 12.6. The van der Waals surface area contributed by atoms with Crippen molar-refractivity contribution >= 4 is 23.4 Å². The van der Waals surface area contributed by atoms with Crippen LogP contribution in [0.2, 0.25) is 0 Å². The number of anilines is 1. The van der Waals surface area contributed by atoms with Crippen molar-refractivity contribution in [1.29, 1.82) is 5.26 Å². The molecule has 174 valence electrons. The number of aromatic amines is 2. The Kier molecular flexibility index (Phi) is 4.65. The van der Waals surface area contributed by atoms with E-state index < -0.39 is 5.69 Å². The highest BCUT2D eigenvalue weighted by atomic mass is 16.3. The summed E-state index contributed by atoms with van der Waals surface area (Å²) in [5.74, 6) is 0.288. The van der Waals surface area contributed by atoms with Gasteiger partial charge in [0.2, 0.25) is 11.8 Å². The number of aromatic nitrogens is 5. The Hall–Kier alpha value is -4.14. The van der Waals surface area contributed by atoms with Gasteiger partial charge in [-0.05, 0) is 25.3 Å². The zero-order valence-electron chi connectivity index (χ0n) is 18.3. The minimum Gasteiger partial charge on any atom is -0.493 e. The molecule has 3 aromatic rings. The Balaban J connectivity index is 1.33. The third kappa shape index (κ3) is 3.68. The van der Waals surface area contributed by atoms with Gasteiger partial charge in [-0.2, -0.15) is 14.9 Å². The number of amides is 1. The van der Waals surface area contributed by atoms with Gasteiger partial charge in [-0.25, -0.2) is 9.78 Å². The largest absolute Gasteiger partial charge is 0.493 e. The van der Waals surface area contributed by atoms with Crippen molar-refractivity contribution < 1.29 is 9.90 Å². The Morgan fingerprint density at radius 1 is 1.26 bits per heavy atom. The van der Waals surface area contributed by atoms with E-state index in [1.165, 1.54) is 0 Å². The number of rotatable bonds is 4. The molecule has 1 saturated heterocycles. The normalized spacial score (nSPS) is 23.5. The van der Waals surface area contributed by atoms with Crippen molar-refractivity contribution in [3.05, 3.63) is 39.1 Å². The van der Waals surface area contributed by atoms with E-state index >= 15 is 0 Å². The first-order valence-electron chi connectivity index (χ1n) is 11.4. The summed E-state index contributed by atoms with van der Waals surface area (Å²) < 4.78 is 1.67. The summed E-state index contributed by atoms with van der Waals surface area (Å²) in [6.45, 7) is 2.40. The van der Waals surface area contributed by atoms with Gasteiger partial charge in [-0.1, -0.05) is 0 Å². The zero-order chi connectivity index (χ0) is 23.4. The van der Waals surface area contributed by atoms with Crippen LogP contribution >= 0.6 is 0 Å². The molecule has 2 aliphatic carbocycles. The van der Waals surface area contributed by atoms with Crippen molar-refractivity contribution in [2.45, 2.75) is 25.3 Å². The SMILES string of the molecule is N#CC1CC1C(=O)N1CCN(c2cc(=NC3CC3)n3nc/c(=C/c4[nH]c(=O)[nH]c4O)c3n2)CC1. The highest BCUT2D eigenvalue weighted by molar-refractivity contribution is 5.82. The lowest BCUT2D eigenvalue weighted by Crippen LogP contribution is -2.50. The fourth-order valence-corrected chi connectivity index (χ4v) is 4.35. The van der Waals surface area contributed by atoms with Gasteiger partial charge >= 0.3 is 5.69 Å². The van der Waals surface area contributed by atoms with E-state index in [0.29, 0.717) is 49.0 Å². The molecule has 0 aromatic carbocycles. The number of piperazine rings is 1. The number of nitriles is 1. The predicted octanol–water partition coefficient (Wildman–Crippen LogP) is -1.13. The number of nitrogens with one attached hydrogen (secondary N) is 2. The second-order valence-corrected chi connectivity index (χ2v) is 9.04. The van der Waals surface area contributed by atoms with Gasteiger partial charge in [0.05, 0.1) is 30.1 Å². The maximum Gasteiger partial charge on any atom is 0.326 e. The first kappa shape index (κ1) is 20.5. The van der Waals surface area contributed by atoms with Crippen LogP contribution in [0.4, 0.5) is 5.82 Å². The molecule has 12 heteroatoms. The molecule has 3 N–H and O–H groups in total. The summed E-state index contributed by atoms with van der Waals surface area (Å²) in [7, 11) is 0. The van der Waals surface area contributed by atoms with Gasteiger partial charge in [0, 0.05) is 37.5 Å². The molecular formula is C22H23N9O3. The first-order chi connectivity index (χ1) is 16.5. The molecule has 2 unspecified atom stereocenters. The minimum absolute atomic E-state index is 0.0759. The molecule has 3 aliphatic rings. The van der Waals surface area contributed by atoms with Crippen LogP contribution in [0.3, 0.4) is 0 Å². The van der Waals surface area contributed by atoms with Crippen LogP contribution in [0.5, 0.6) is 5.88 Å². The van der Waals surface area contributed by atoms with Gasteiger partial charge in [0.25, 0.3) is 0 Å². The molecule has 0 radical (unpaired) electrons. The van der Waals surface area contributed by atoms with E-state index in [9.17, 15) is 14.7 Å². The Bertz CT molecular complexity index is 1500. The number of hydrogen-bond donors (Lipinski definition) is 3. The molecule has 3 aromatic heterocycles. The zero-order valence-corrected chi connectivity index (χ0v) is 18.3. The average Bonchev–Trinajstić information content (AvgIpc) is 3.75. The molecule has 2 saturated carbocycles. The summed E-state index contributed by atoms with van der Waals surface area (Å²) in [5.41, 5.74) is 1.00. The number of H-pyrrole nitrogens is 2. The Labute approximate surface area is 192 Å². The molecule has 0 bridgehead atoms. The van der Waals surface area contributed by atoms with Gasteiger partial charge in [-0.3, -0.25) is 14.8 Å². The molecule has 0 spiro atoms. The number of carbonyl (C=O) groups excluding carboxylic acids is 1. The fourth-order valence-electron chi connectivity index (χ4n) is 4.35. The third-order valence-electron chi connectivity index (χ3n) is 6.55. The van der Waals surface area contributed by atoms with Crippen molar-refractivity contribution in [3.8, 4) is 11.9 Å². The van der Waals surface area contributed by atoms with E-state index in [1.54, 1.807) is 16.8 Å². The van der Waals surface area contributed by atoms with Gasteiger partial charge in [-0.15, -0.1) is 0 Å².